The number of hydrogen-bond donors (Lipinski definition) is 0. The van der Waals surface area contributed by atoms with Crippen molar-refractivity contribution in [3.05, 3.63) is 34.9 Å². The van der Waals surface area contributed by atoms with Gasteiger partial charge in [-0.25, -0.2) is 0 Å². The van der Waals surface area contributed by atoms with Crippen LogP contribution in [0.25, 0.3) is 0 Å². The molecule has 1 aromatic rings. The smallest absolute Gasteiger partial charge is 0.165 e. The van der Waals surface area contributed by atoms with Crippen molar-refractivity contribution in [3.63, 3.8) is 0 Å². The summed E-state index contributed by atoms with van der Waals surface area (Å²) in [5.74, 6) is 0.437. The lowest BCUT2D eigenvalue weighted by Gasteiger charge is -2.12. The predicted octanol–water partition coefficient (Wildman–Crippen LogP) is 4.04. The molecule has 0 spiro atoms. The van der Waals surface area contributed by atoms with Crippen LogP contribution in [0.5, 0.6) is 0 Å². The lowest BCUT2D eigenvalue weighted by atomic mass is 9.91. The SMILES string of the molecule is CCc1ccc(CC)c(C(=O)C(C)CC)c1. The van der Waals surface area contributed by atoms with Crippen LogP contribution in [0.1, 0.15) is 55.6 Å². The second-order valence-corrected chi connectivity index (χ2v) is 4.37. The Kier molecular flexibility index (Phi) is 4.72. The summed E-state index contributed by atoms with van der Waals surface area (Å²) < 4.78 is 0. The number of hydrogen-bond acceptors (Lipinski definition) is 1. The highest BCUT2D eigenvalue weighted by molar-refractivity contribution is 5.99. The molecule has 0 aliphatic carbocycles. The van der Waals surface area contributed by atoms with Crippen molar-refractivity contribution in [3.8, 4) is 0 Å². The van der Waals surface area contributed by atoms with Crippen molar-refractivity contribution in [2.75, 3.05) is 0 Å². The molecule has 88 valence electrons. The van der Waals surface area contributed by atoms with Crippen LogP contribution < -0.4 is 0 Å². The number of carbonyl (C=O) groups is 1. The van der Waals surface area contributed by atoms with Crippen LogP contribution >= 0.6 is 0 Å². The fourth-order valence-electron chi connectivity index (χ4n) is 1.83. The first-order valence-corrected chi connectivity index (χ1v) is 6.29. The Balaban J connectivity index is 3.13. The zero-order chi connectivity index (χ0) is 12.1. The zero-order valence-electron chi connectivity index (χ0n) is 10.8. The Morgan fingerprint density at radius 1 is 1.19 bits per heavy atom. The first-order chi connectivity index (χ1) is 7.63. The molecular formula is C15H22O. The summed E-state index contributed by atoms with van der Waals surface area (Å²) in [4.78, 5) is 12.2. The molecule has 0 heterocycles. The highest BCUT2D eigenvalue weighted by Crippen LogP contribution is 2.19. The summed E-state index contributed by atoms with van der Waals surface area (Å²) in [7, 11) is 0. The van der Waals surface area contributed by atoms with Crippen LogP contribution in [0, 0.1) is 5.92 Å². The van der Waals surface area contributed by atoms with Gasteiger partial charge in [0.15, 0.2) is 5.78 Å². The molecule has 0 aromatic heterocycles. The lowest BCUT2D eigenvalue weighted by Crippen LogP contribution is -2.13. The van der Waals surface area contributed by atoms with Gasteiger partial charge in [0.05, 0.1) is 0 Å². The van der Waals surface area contributed by atoms with Crippen molar-refractivity contribution >= 4 is 5.78 Å². The summed E-state index contributed by atoms with van der Waals surface area (Å²) >= 11 is 0. The van der Waals surface area contributed by atoms with Gasteiger partial charge in [-0.2, -0.15) is 0 Å². The van der Waals surface area contributed by atoms with Crippen LogP contribution in [0.2, 0.25) is 0 Å². The van der Waals surface area contributed by atoms with E-state index < -0.39 is 0 Å². The van der Waals surface area contributed by atoms with Crippen LogP contribution in [0.4, 0.5) is 0 Å². The predicted molar refractivity (Wildman–Crippen MR) is 69.0 cm³/mol. The maximum atomic E-state index is 12.2. The topological polar surface area (TPSA) is 17.1 Å². The molecule has 16 heavy (non-hydrogen) atoms. The molecular weight excluding hydrogens is 196 g/mol. The minimum Gasteiger partial charge on any atom is -0.294 e. The molecule has 0 aliphatic heterocycles. The van der Waals surface area contributed by atoms with Gasteiger partial charge in [0.25, 0.3) is 0 Å². The van der Waals surface area contributed by atoms with Crippen molar-refractivity contribution in [2.24, 2.45) is 5.92 Å². The van der Waals surface area contributed by atoms with Crippen molar-refractivity contribution in [2.45, 2.75) is 47.0 Å². The molecule has 0 aliphatic rings. The molecule has 1 aromatic carbocycles. The van der Waals surface area contributed by atoms with Gasteiger partial charge >= 0.3 is 0 Å². The van der Waals surface area contributed by atoms with Gasteiger partial charge in [-0.05, 0) is 36.5 Å². The highest BCUT2D eigenvalue weighted by atomic mass is 16.1. The van der Waals surface area contributed by atoms with Crippen LogP contribution in [-0.4, -0.2) is 5.78 Å². The summed E-state index contributed by atoms with van der Waals surface area (Å²) in [5, 5.41) is 0. The van der Waals surface area contributed by atoms with Crippen molar-refractivity contribution in [1.29, 1.82) is 0 Å². The van der Waals surface area contributed by atoms with Crippen LogP contribution in [-0.2, 0) is 12.8 Å². The number of rotatable bonds is 5. The van der Waals surface area contributed by atoms with Crippen LogP contribution in [0.3, 0.4) is 0 Å². The fourth-order valence-corrected chi connectivity index (χ4v) is 1.83. The number of Topliss-reactive ketones (excluding diaryl/α,β-unsaturated/α-hetero) is 1. The Hall–Kier alpha value is -1.11. The molecule has 0 fully saturated rings. The van der Waals surface area contributed by atoms with E-state index in [1.165, 1.54) is 11.1 Å². The molecule has 1 rings (SSSR count). The van der Waals surface area contributed by atoms with Gasteiger partial charge < -0.3 is 0 Å². The molecule has 1 atom stereocenters. The summed E-state index contributed by atoms with van der Waals surface area (Å²) in [5.41, 5.74) is 3.38. The van der Waals surface area contributed by atoms with E-state index in [1.54, 1.807) is 0 Å². The van der Waals surface area contributed by atoms with Gasteiger partial charge in [0.2, 0.25) is 0 Å². The molecule has 0 bridgehead atoms. The highest BCUT2D eigenvalue weighted by Gasteiger charge is 2.16. The molecule has 0 saturated heterocycles. The van der Waals surface area contributed by atoms with Gasteiger partial charge in [-0.3, -0.25) is 4.79 Å². The maximum Gasteiger partial charge on any atom is 0.165 e. The first-order valence-electron chi connectivity index (χ1n) is 6.29. The molecule has 1 heteroatoms. The molecule has 0 amide bonds. The third kappa shape index (κ3) is 2.72. The van der Waals surface area contributed by atoms with E-state index in [4.69, 9.17) is 0 Å². The Morgan fingerprint density at radius 3 is 2.38 bits per heavy atom. The van der Waals surface area contributed by atoms with Crippen molar-refractivity contribution < 1.29 is 4.79 Å². The summed E-state index contributed by atoms with van der Waals surface area (Å²) in [6.45, 7) is 8.31. The minimum absolute atomic E-state index is 0.136. The number of benzene rings is 1. The van der Waals surface area contributed by atoms with Gasteiger partial charge in [-0.1, -0.05) is 39.8 Å². The van der Waals surface area contributed by atoms with E-state index in [9.17, 15) is 4.79 Å². The van der Waals surface area contributed by atoms with E-state index in [1.807, 2.05) is 6.92 Å². The second kappa shape index (κ2) is 5.83. The Morgan fingerprint density at radius 2 is 1.88 bits per heavy atom. The van der Waals surface area contributed by atoms with E-state index in [-0.39, 0.29) is 5.92 Å². The van der Waals surface area contributed by atoms with Gasteiger partial charge in [0.1, 0.15) is 0 Å². The molecule has 1 nitrogen and oxygen atoms in total. The average molecular weight is 218 g/mol. The molecule has 0 N–H and O–H groups in total. The maximum absolute atomic E-state index is 12.2. The number of ketones is 1. The Bertz CT molecular complexity index is 366. The average Bonchev–Trinajstić information content (AvgIpc) is 2.35. The number of aryl methyl sites for hydroxylation is 2. The standard InChI is InChI=1S/C15H22O/c1-5-11(4)15(16)14-10-12(6-2)8-9-13(14)7-3/h8-11H,5-7H2,1-4H3. The monoisotopic (exact) mass is 218 g/mol. The first kappa shape index (κ1) is 13.0. The largest absolute Gasteiger partial charge is 0.294 e. The lowest BCUT2D eigenvalue weighted by molar-refractivity contribution is 0.0926. The third-order valence-corrected chi connectivity index (χ3v) is 3.29. The number of carbonyl (C=O) groups excluding carboxylic acids is 1. The zero-order valence-corrected chi connectivity index (χ0v) is 10.8. The minimum atomic E-state index is 0.136. The van der Waals surface area contributed by atoms with E-state index in [0.717, 1.165) is 24.8 Å². The summed E-state index contributed by atoms with van der Waals surface area (Å²) in [6.07, 6.45) is 2.84. The third-order valence-electron chi connectivity index (χ3n) is 3.29. The van der Waals surface area contributed by atoms with E-state index in [0.29, 0.717) is 5.78 Å². The van der Waals surface area contributed by atoms with Crippen LogP contribution in [0.15, 0.2) is 18.2 Å². The fraction of sp³-hybridized carbons (Fsp3) is 0.533. The van der Waals surface area contributed by atoms with Crippen molar-refractivity contribution in [1.82, 2.24) is 0 Å². The Labute approximate surface area is 98.9 Å². The molecule has 0 saturated carbocycles. The van der Waals surface area contributed by atoms with Gasteiger partial charge in [-0.15, -0.1) is 0 Å². The molecule has 0 radical (unpaired) electrons. The normalized spacial score (nSPS) is 12.5. The van der Waals surface area contributed by atoms with Gasteiger partial charge in [0, 0.05) is 11.5 Å². The quantitative estimate of drug-likeness (QED) is 0.682. The second-order valence-electron chi connectivity index (χ2n) is 4.37. The van der Waals surface area contributed by atoms with E-state index in [2.05, 4.69) is 39.0 Å². The molecule has 1 unspecified atom stereocenters. The van der Waals surface area contributed by atoms with E-state index >= 15 is 0 Å². The summed E-state index contributed by atoms with van der Waals surface area (Å²) in [6, 6.07) is 6.31.